The molecule has 0 radical (unpaired) electrons. The summed E-state index contributed by atoms with van der Waals surface area (Å²) in [6.45, 7) is 3.35. The van der Waals surface area contributed by atoms with Crippen molar-refractivity contribution in [2.75, 3.05) is 13.1 Å². The average molecular weight is 249 g/mol. The third-order valence-electron chi connectivity index (χ3n) is 3.65. The van der Waals surface area contributed by atoms with Gasteiger partial charge in [0.15, 0.2) is 0 Å². The van der Waals surface area contributed by atoms with Crippen LogP contribution < -0.4 is 11.3 Å². The molecule has 0 spiro atoms. The van der Waals surface area contributed by atoms with Gasteiger partial charge in [-0.3, -0.25) is 9.59 Å². The minimum absolute atomic E-state index is 0.0479. The number of nitrogens with one attached hydrogen (secondary N) is 1. The van der Waals surface area contributed by atoms with Crippen LogP contribution in [-0.2, 0) is 0 Å². The number of piperidine rings is 1. The number of hydrogen-bond donors (Lipinski definition) is 2. The van der Waals surface area contributed by atoms with Gasteiger partial charge in [0.25, 0.3) is 5.91 Å². The van der Waals surface area contributed by atoms with Gasteiger partial charge in [0.1, 0.15) is 0 Å². The minimum atomic E-state index is -0.200. The van der Waals surface area contributed by atoms with Gasteiger partial charge in [-0.2, -0.15) is 0 Å². The van der Waals surface area contributed by atoms with E-state index in [-0.39, 0.29) is 17.5 Å². The van der Waals surface area contributed by atoms with Crippen molar-refractivity contribution >= 4 is 5.91 Å². The number of amides is 1. The molecule has 1 aliphatic rings. The molecule has 1 saturated heterocycles. The molecule has 0 unspecified atom stereocenters. The second-order valence-corrected chi connectivity index (χ2v) is 4.86. The molecule has 5 heteroatoms. The van der Waals surface area contributed by atoms with Gasteiger partial charge >= 0.3 is 0 Å². The van der Waals surface area contributed by atoms with Crippen molar-refractivity contribution in [3.05, 3.63) is 34.2 Å². The monoisotopic (exact) mass is 249 g/mol. The highest BCUT2D eigenvalue weighted by atomic mass is 16.2. The molecule has 3 N–H and O–H groups in total. The molecule has 2 rings (SSSR count). The first kappa shape index (κ1) is 12.8. The molecule has 0 bridgehead atoms. The van der Waals surface area contributed by atoms with Crippen LogP contribution in [0.5, 0.6) is 0 Å². The molecule has 1 amide bonds. The van der Waals surface area contributed by atoms with Crippen molar-refractivity contribution in [3.8, 4) is 0 Å². The first-order valence-corrected chi connectivity index (χ1v) is 6.33. The number of pyridine rings is 1. The lowest BCUT2D eigenvalue weighted by Crippen LogP contribution is -2.51. The molecule has 1 fully saturated rings. The van der Waals surface area contributed by atoms with E-state index < -0.39 is 0 Å². The predicted molar refractivity (Wildman–Crippen MR) is 69.3 cm³/mol. The van der Waals surface area contributed by atoms with Gasteiger partial charge in [-0.25, -0.2) is 0 Å². The second kappa shape index (κ2) is 5.35. The van der Waals surface area contributed by atoms with Crippen LogP contribution in [0.15, 0.2) is 23.1 Å². The number of carbonyl (C=O) groups is 1. The largest absolute Gasteiger partial charge is 0.334 e. The summed E-state index contributed by atoms with van der Waals surface area (Å²) in [4.78, 5) is 27.7. The lowest BCUT2D eigenvalue weighted by Gasteiger charge is -2.39. The highest BCUT2D eigenvalue weighted by Gasteiger charge is 2.31. The Morgan fingerprint density at radius 3 is 2.94 bits per heavy atom. The molecule has 1 aliphatic heterocycles. The van der Waals surface area contributed by atoms with E-state index in [9.17, 15) is 9.59 Å². The van der Waals surface area contributed by atoms with E-state index in [0.717, 1.165) is 19.4 Å². The normalized spacial score (nSPS) is 24.0. The first-order chi connectivity index (χ1) is 8.63. The zero-order valence-corrected chi connectivity index (χ0v) is 10.6. The van der Waals surface area contributed by atoms with Gasteiger partial charge in [0, 0.05) is 31.4 Å². The van der Waals surface area contributed by atoms with Gasteiger partial charge in [-0.05, 0) is 24.8 Å². The second-order valence-electron chi connectivity index (χ2n) is 4.86. The Morgan fingerprint density at radius 1 is 1.56 bits per heavy atom. The number of aromatic nitrogens is 1. The molecule has 0 saturated carbocycles. The Kier molecular flexibility index (Phi) is 3.81. The lowest BCUT2D eigenvalue weighted by molar-refractivity contribution is 0.0532. The van der Waals surface area contributed by atoms with Crippen molar-refractivity contribution in [2.45, 2.75) is 25.8 Å². The van der Waals surface area contributed by atoms with Gasteiger partial charge in [-0.15, -0.1) is 0 Å². The standard InChI is InChI=1S/C13H19N3O2/c1-9-3-2-6-16(11(9)7-14)13(18)10-4-5-12(17)15-8-10/h4-5,8-9,11H,2-3,6-7,14H2,1H3,(H,15,17)/t9-,11-/m0/s1. The van der Waals surface area contributed by atoms with Crippen molar-refractivity contribution < 1.29 is 4.79 Å². The zero-order valence-electron chi connectivity index (χ0n) is 10.6. The van der Waals surface area contributed by atoms with Crippen LogP contribution in [0.2, 0.25) is 0 Å². The molecule has 2 heterocycles. The number of H-pyrrole nitrogens is 1. The summed E-state index contributed by atoms with van der Waals surface area (Å²) < 4.78 is 0. The van der Waals surface area contributed by atoms with Crippen LogP contribution in [0.25, 0.3) is 0 Å². The molecule has 0 aromatic carbocycles. The SMILES string of the molecule is C[C@H]1CCCN(C(=O)c2ccc(=O)[nH]c2)[C@H]1CN. The maximum atomic E-state index is 12.4. The third-order valence-corrected chi connectivity index (χ3v) is 3.65. The van der Waals surface area contributed by atoms with Crippen LogP contribution in [0, 0.1) is 5.92 Å². The smallest absolute Gasteiger partial charge is 0.255 e. The Bertz CT molecular complexity index is 463. The van der Waals surface area contributed by atoms with E-state index >= 15 is 0 Å². The molecule has 18 heavy (non-hydrogen) atoms. The summed E-state index contributed by atoms with van der Waals surface area (Å²) in [5.74, 6) is 0.378. The van der Waals surface area contributed by atoms with Crippen LogP contribution in [0.4, 0.5) is 0 Å². The van der Waals surface area contributed by atoms with Crippen molar-refractivity contribution in [1.82, 2.24) is 9.88 Å². The summed E-state index contributed by atoms with van der Waals surface area (Å²) in [5.41, 5.74) is 6.09. The van der Waals surface area contributed by atoms with Crippen LogP contribution in [0.1, 0.15) is 30.1 Å². The van der Waals surface area contributed by atoms with Gasteiger partial charge in [0.05, 0.1) is 5.56 Å². The van der Waals surface area contributed by atoms with E-state index in [0.29, 0.717) is 18.0 Å². The van der Waals surface area contributed by atoms with E-state index in [1.54, 1.807) is 6.07 Å². The summed E-state index contributed by atoms with van der Waals surface area (Å²) in [7, 11) is 0. The molecule has 98 valence electrons. The van der Waals surface area contributed by atoms with Crippen LogP contribution in [-0.4, -0.2) is 34.9 Å². The first-order valence-electron chi connectivity index (χ1n) is 6.33. The van der Waals surface area contributed by atoms with E-state index in [2.05, 4.69) is 11.9 Å². The third kappa shape index (κ3) is 2.46. The summed E-state index contributed by atoms with van der Waals surface area (Å²) in [6.07, 6.45) is 3.58. The van der Waals surface area contributed by atoms with E-state index in [4.69, 9.17) is 5.73 Å². The topological polar surface area (TPSA) is 79.2 Å². The maximum absolute atomic E-state index is 12.4. The van der Waals surface area contributed by atoms with E-state index in [1.807, 2.05) is 4.90 Å². The number of aromatic amines is 1. The Balaban J connectivity index is 2.21. The number of nitrogens with two attached hydrogens (primary N) is 1. The fraction of sp³-hybridized carbons (Fsp3) is 0.538. The summed E-state index contributed by atoms with van der Waals surface area (Å²) in [6, 6.07) is 3.03. The number of likely N-dealkylation sites (tertiary alicyclic amines) is 1. The van der Waals surface area contributed by atoms with Crippen molar-refractivity contribution in [2.24, 2.45) is 11.7 Å². The molecule has 1 aromatic rings. The fourth-order valence-electron chi connectivity index (χ4n) is 2.57. The molecule has 1 aromatic heterocycles. The van der Waals surface area contributed by atoms with Crippen LogP contribution in [0.3, 0.4) is 0 Å². The minimum Gasteiger partial charge on any atom is -0.334 e. The summed E-state index contributed by atoms with van der Waals surface area (Å²) in [5, 5.41) is 0. The molecular formula is C13H19N3O2. The Labute approximate surface area is 106 Å². The van der Waals surface area contributed by atoms with Gasteiger partial charge < -0.3 is 15.6 Å². The number of nitrogens with zero attached hydrogens (tertiary/aromatic N) is 1. The Morgan fingerprint density at radius 2 is 2.33 bits per heavy atom. The molecular weight excluding hydrogens is 230 g/mol. The van der Waals surface area contributed by atoms with Gasteiger partial charge in [0.2, 0.25) is 5.56 Å². The predicted octanol–water partition coefficient (Wildman–Crippen LogP) is 0.574. The highest BCUT2D eigenvalue weighted by molar-refractivity contribution is 5.94. The highest BCUT2D eigenvalue weighted by Crippen LogP contribution is 2.23. The molecule has 2 atom stereocenters. The number of hydrogen-bond acceptors (Lipinski definition) is 3. The van der Waals surface area contributed by atoms with Crippen molar-refractivity contribution in [3.63, 3.8) is 0 Å². The van der Waals surface area contributed by atoms with Crippen LogP contribution >= 0.6 is 0 Å². The molecule has 5 nitrogen and oxygen atoms in total. The maximum Gasteiger partial charge on any atom is 0.255 e. The Hall–Kier alpha value is -1.62. The number of rotatable bonds is 2. The average Bonchev–Trinajstić information content (AvgIpc) is 2.38. The number of carbonyl (C=O) groups excluding carboxylic acids is 1. The molecule has 0 aliphatic carbocycles. The van der Waals surface area contributed by atoms with E-state index in [1.165, 1.54) is 12.3 Å². The van der Waals surface area contributed by atoms with Crippen molar-refractivity contribution in [1.29, 1.82) is 0 Å². The summed E-state index contributed by atoms with van der Waals surface area (Å²) >= 11 is 0. The van der Waals surface area contributed by atoms with Gasteiger partial charge in [-0.1, -0.05) is 6.92 Å². The zero-order chi connectivity index (χ0) is 13.1. The quantitative estimate of drug-likeness (QED) is 0.804. The fourth-order valence-corrected chi connectivity index (χ4v) is 2.57. The lowest BCUT2D eigenvalue weighted by atomic mass is 9.90.